The summed E-state index contributed by atoms with van der Waals surface area (Å²) in [6, 6.07) is 11.8. The highest BCUT2D eigenvalue weighted by atomic mass is 79.9. The van der Waals surface area contributed by atoms with E-state index in [4.69, 9.17) is 0 Å². The standard InChI is InChI=1S/C25H26BrN7O/c1-16-5-8-22(33-29-9-10-30-33)20(12-16)24(34)32-11-3-4-17(2)23(32)15-28-25-27-14-18-13-19(26)6-7-21(18)31-25/h5-10,12-14,17,23H,3-4,11,15H2,1-2H3,(H,27,28,31)/t17-,23?/m1/s1. The van der Waals surface area contributed by atoms with Crippen molar-refractivity contribution in [3.8, 4) is 5.69 Å². The Balaban J connectivity index is 1.40. The maximum absolute atomic E-state index is 13.8. The van der Waals surface area contributed by atoms with Crippen LogP contribution in [0.3, 0.4) is 0 Å². The van der Waals surface area contributed by atoms with Gasteiger partial charge in [-0.1, -0.05) is 34.5 Å². The highest BCUT2D eigenvalue weighted by Gasteiger charge is 2.33. The lowest BCUT2D eigenvalue weighted by Crippen LogP contribution is -2.51. The maximum atomic E-state index is 13.8. The van der Waals surface area contributed by atoms with Crippen LogP contribution in [0.5, 0.6) is 0 Å². The third kappa shape index (κ3) is 4.52. The van der Waals surface area contributed by atoms with Crippen LogP contribution in [0.4, 0.5) is 5.95 Å². The molecule has 2 aromatic carbocycles. The van der Waals surface area contributed by atoms with E-state index in [1.165, 1.54) is 4.80 Å². The molecule has 0 saturated carbocycles. The van der Waals surface area contributed by atoms with E-state index < -0.39 is 0 Å². The quantitative estimate of drug-likeness (QED) is 0.413. The summed E-state index contributed by atoms with van der Waals surface area (Å²) in [7, 11) is 0. The summed E-state index contributed by atoms with van der Waals surface area (Å²) < 4.78 is 0.996. The number of anilines is 1. The molecule has 1 saturated heterocycles. The van der Waals surface area contributed by atoms with E-state index in [9.17, 15) is 4.79 Å². The van der Waals surface area contributed by atoms with E-state index in [0.717, 1.165) is 33.8 Å². The van der Waals surface area contributed by atoms with Gasteiger partial charge < -0.3 is 10.2 Å². The van der Waals surface area contributed by atoms with Gasteiger partial charge in [0.15, 0.2) is 0 Å². The molecule has 2 atom stereocenters. The predicted molar refractivity (Wildman–Crippen MR) is 135 cm³/mol. The first-order valence-electron chi connectivity index (χ1n) is 11.4. The number of rotatable bonds is 5. The topological polar surface area (TPSA) is 88.8 Å². The average Bonchev–Trinajstić information content (AvgIpc) is 3.37. The number of carbonyl (C=O) groups excluding carboxylic acids is 1. The Labute approximate surface area is 206 Å². The first-order chi connectivity index (χ1) is 16.5. The highest BCUT2D eigenvalue weighted by Crippen LogP contribution is 2.27. The molecule has 174 valence electrons. The second-order valence-corrected chi connectivity index (χ2v) is 9.72. The molecule has 0 aliphatic carbocycles. The number of carbonyl (C=O) groups is 1. The van der Waals surface area contributed by atoms with Gasteiger partial charge in [-0.05, 0) is 56.0 Å². The summed E-state index contributed by atoms with van der Waals surface area (Å²) in [5.74, 6) is 0.910. The van der Waals surface area contributed by atoms with Crippen LogP contribution >= 0.6 is 15.9 Å². The van der Waals surface area contributed by atoms with E-state index in [2.05, 4.69) is 48.3 Å². The molecule has 9 heteroatoms. The maximum Gasteiger partial charge on any atom is 0.256 e. The number of nitrogens with zero attached hydrogens (tertiary/aromatic N) is 6. The Morgan fingerprint density at radius 3 is 2.82 bits per heavy atom. The van der Waals surface area contributed by atoms with Gasteiger partial charge in [-0.2, -0.15) is 15.0 Å². The van der Waals surface area contributed by atoms with E-state index in [0.29, 0.717) is 36.2 Å². The van der Waals surface area contributed by atoms with Gasteiger partial charge >= 0.3 is 0 Å². The largest absolute Gasteiger partial charge is 0.352 e. The minimum Gasteiger partial charge on any atom is -0.352 e. The second kappa shape index (κ2) is 9.50. The summed E-state index contributed by atoms with van der Waals surface area (Å²) in [4.78, 5) is 26.5. The van der Waals surface area contributed by atoms with Crippen LogP contribution in [0, 0.1) is 12.8 Å². The molecular formula is C25H26BrN7O. The van der Waals surface area contributed by atoms with E-state index in [-0.39, 0.29) is 11.9 Å². The number of amides is 1. The van der Waals surface area contributed by atoms with Crippen molar-refractivity contribution >= 4 is 38.7 Å². The SMILES string of the molecule is Cc1ccc(-n2nccn2)c(C(=O)N2CCC[C@@H](C)C2CNc2ncc3cc(Br)ccc3n2)c1. The number of benzene rings is 2. The summed E-state index contributed by atoms with van der Waals surface area (Å²) in [5, 5.41) is 12.9. The number of aryl methyl sites for hydroxylation is 1. The molecule has 0 spiro atoms. The van der Waals surface area contributed by atoms with Crippen LogP contribution in [0.15, 0.2) is 59.5 Å². The minimum absolute atomic E-state index is 0.00127. The predicted octanol–water partition coefficient (Wildman–Crippen LogP) is 4.63. The first-order valence-corrected chi connectivity index (χ1v) is 12.2. The number of hydrogen-bond donors (Lipinski definition) is 1. The zero-order chi connectivity index (χ0) is 23.7. The molecule has 5 rings (SSSR count). The third-order valence-electron chi connectivity index (χ3n) is 6.40. The molecule has 34 heavy (non-hydrogen) atoms. The fourth-order valence-electron chi connectivity index (χ4n) is 4.59. The number of halogens is 1. The van der Waals surface area contributed by atoms with Crippen LogP contribution in [0.1, 0.15) is 35.7 Å². The lowest BCUT2D eigenvalue weighted by atomic mass is 9.90. The zero-order valence-corrected chi connectivity index (χ0v) is 20.7. The Morgan fingerprint density at radius 2 is 2.00 bits per heavy atom. The zero-order valence-electron chi connectivity index (χ0n) is 19.1. The third-order valence-corrected chi connectivity index (χ3v) is 6.90. The summed E-state index contributed by atoms with van der Waals surface area (Å²) in [5.41, 5.74) is 3.20. The Kier molecular flexibility index (Phi) is 6.28. The fraction of sp³-hybridized carbons (Fsp3) is 0.320. The summed E-state index contributed by atoms with van der Waals surface area (Å²) in [6.45, 7) is 5.49. The van der Waals surface area contributed by atoms with Gasteiger partial charge in [0.2, 0.25) is 5.95 Å². The summed E-state index contributed by atoms with van der Waals surface area (Å²) >= 11 is 3.48. The van der Waals surface area contributed by atoms with Crippen LogP contribution in [0.2, 0.25) is 0 Å². The molecule has 1 aliphatic rings. The number of aromatic nitrogens is 5. The molecular weight excluding hydrogens is 494 g/mol. The summed E-state index contributed by atoms with van der Waals surface area (Å²) in [6.07, 6.45) is 7.10. The number of hydrogen-bond acceptors (Lipinski definition) is 6. The Hall–Kier alpha value is -3.33. The molecule has 4 aromatic rings. The van der Waals surface area contributed by atoms with Gasteiger partial charge in [0.25, 0.3) is 5.91 Å². The lowest BCUT2D eigenvalue weighted by Gasteiger charge is -2.40. The van der Waals surface area contributed by atoms with E-state index in [1.807, 2.05) is 54.4 Å². The number of nitrogens with one attached hydrogen (secondary N) is 1. The van der Waals surface area contributed by atoms with Crippen LogP contribution in [-0.4, -0.2) is 54.9 Å². The smallest absolute Gasteiger partial charge is 0.256 e. The molecule has 1 aliphatic heterocycles. The average molecular weight is 520 g/mol. The molecule has 8 nitrogen and oxygen atoms in total. The van der Waals surface area contributed by atoms with Crippen molar-refractivity contribution < 1.29 is 4.79 Å². The van der Waals surface area contributed by atoms with Gasteiger partial charge in [-0.25, -0.2) is 9.97 Å². The van der Waals surface area contributed by atoms with Crippen molar-refractivity contribution in [3.05, 3.63) is 70.6 Å². The molecule has 0 radical (unpaired) electrons. The van der Waals surface area contributed by atoms with Crippen LogP contribution in [0.25, 0.3) is 16.6 Å². The van der Waals surface area contributed by atoms with E-state index in [1.54, 1.807) is 12.4 Å². The van der Waals surface area contributed by atoms with Gasteiger partial charge in [-0.3, -0.25) is 4.79 Å². The van der Waals surface area contributed by atoms with Crippen molar-refractivity contribution in [3.63, 3.8) is 0 Å². The Bertz CT molecular complexity index is 1320. The van der Waals surface area contributed by atoms with Crippen molar-refractivity contribution in [2.75, 3.05) is 18.4 Å². The van der Waals surface area contributed by atoms with E-state index >= 15 is 0 Å². The second-order valence-electron chi connectivity index (χ2n) is 8.80. The van der Waals surface area contributed by atoms with Crippen molar-refractivity contribution in [2.24, 2.45) is 5.92 Å². The van der Waals surface area contributed by atoms with Crippen LogP contribution < -0.4 is 5.32 Å². The van der Waals surface area contributed by atoms with Crippen molar-refractivity contribution in [1.29, 1.82) is 0 Å². The number of piperidine rings is 1. The van der Waals surface area contributed by atoms with Gasteiger partial charge in [0.05, 0.1) is 35.2 Å². The normalized spacial score (nSPS) is 18.3. The minimum atomic E-state index is -0.00127. The lowest BCUT2D eigenvalue weighted by molar-refractivity contribution is 0.0539. The number of likely N-dealkylation sites (tertiary alicyclic amines) is 1. The molecule has 1 N–H and O–H groups in total. The monoisotopic (exact) mass is 519 g/mol. The van der Waals surface area contributed by atoms with Crippen molar-refractivity contribution in [1.82, 2.24) is 29.9 Å². The highest BCUT2D eigenvalue weighted by molar-refractivity contribution is 9.10. The fourth-order valence-corrected chi connectivity index (χ4v) is 4.97. The molecule has 1 fully saturated rings. The molecule has 0 bridgehead atoms. The molecule has 1 amide bonds. The van der Waals surface area contributed by atoms with Gasteiger partial charge in [0, 0.05) is 29.1 Å². The first kappa shape index (κ1) is 22.5. The Morgan fingerprint density at radius 1 is 1.18 bits per heavy atom. The van der Waals surface area contributed by atoms with Crippen LogP contribution in [-0.2, 0) is 0 Å². The molecule has 1 unspecified atom stereocenters. The molecule has 2 aromatic heterocycles. The number of fused-ring (bicyclic) bond motifs is 1. The van der Waals surface area contributed by atoms with Crippen molar-refractivity contribution in [2.45, 2.75) is 32.7 Å². The molecule has 3 heterocycles. The van der Waals surface area contributed by atoms with Gasteiger partial charge in [-0.15, -0.1) is 0 Å². The van der Waals surface area contributed by atoms with Gasteiger partial charge in [0.1, 0.15) is 0 Å².